The quantitative estimate of drug-likeness (QED) is 0.403. The monoisotopic (exact) mass is 199 g/mol. The molecule has 1 aliphatic heterocycles. The average molecular weight is 199 g/mol. The van der Waals surface area contributed by atoms with Gasteiger partial charge < -0.3 is 9.53 Å². The lowest BCUT2D eigenvalue weighted by molar-refractivity contribution is -0.163. The van der Waals surface area contributed by atoms with Gasteiger partial charge in [0.1, 0.15) is 5.60 Å². The van der Waals surface area contributed by atoms with Crippen molar-refractivity contribution in [1.29, 1.82) is 0 Å². The lowest BCUT2D eigenvalue weighted by Crippen LogP contribution is -2.52. The van der Waals surface area contributed by atoms with Crippen molar-refractivity contribution in [3.63, 3.8) is 0 Å². The number of hydrogen-bond donors (Lipinski definition) is 1. The van der Waals surface area contributed by atoms with Crippen molar-refractivity contribution in [3.05, 3.63) is 0 Å². The van der Waals surface area contributed by atoms with E-state index in [1.54, 1.807) is 20.8 Å². The maximum absolute atomic E-state index is 11.7. The molecule has 0 saturated carbocycles. The Labute approximate surface area is 84.0 Å². The molecule has 1 N–H and O–H groups in total. The van der Waals surface area contributed by atoms with Crippen LogP contribution in [0.2, 0.25) is 0 Å². The van der Waals surface area contributed by atoms with E-state index in [-0.39, 0.29) is 0 Å². The van der Waals surface area contributed by atoms with Gasteiger partial charge in [0.15, 0.2) is 11.8 Å². The summed E-state index contributed by atoms with van der Waals surface area (Å²) in [5.41, 5.74) is -1.63. The van der Waals surface area contributed by atoms with Gasteiger partial charge in [-0.05, 0) is 40.2 Å². The summed E-state index contributed by atoms with van der Waals surface area (Å²) in [6.45, 7) is 6.06. The molecule has 0 aromatic carbocycles. The lowest BCUT2D eigenvalue weighted by atomic mass is 9.99. The first-order valence-electron chi connectivity index (χ1n) is 4.84. The van der Waals surface area contributed by atoms with Crippen LogP contribution in [0.3, 0.4) is 0 Å². The summed E-state index contributed by atoms with van der Waals surface area (Å²) < 4.78 is 5.18. The fraction of sp³-hybridized carbons (Fsp3) is 0.800. The molecule has 0 aliphatic carbocycles. The van der Waals surface area contributed by atoms with Gasteiger partial charge >= 0.3 is 5.97 Å². The van der Waals surface area contributed by atoms with Crippen molar-refractivity contribution in [2.75, 3.05) is 6.54 Å². The van der Waals surface area contributed by atoms with Crippen LogP contribution in [0.5, 0.6) is 0 Å². The number of ether oxygens (including phenoxy) is 1. The van der Waals surface area contributed by atoms with E-state index in [4.69, 9.17) is 4.74 Å². The van der Waals surface area contributed by atoms with Crippen LogP contribution < -0.4 is 5.32 Å². The smallest absolute Gasteiger partial charge is 0.334 e. The molecule has 0 radical (unpaired) electrons. The Kier molecular flexibility index (Phi) is 2.95. The summed E-state index contributed by atoms with van der Waals surface area (Å²) in [5, 5.41) is 2.90. The van der Waals surface area contributed by atoms with Gasteiger partial charge in [0.05, 0.1) is 0 Å². The molecule has 1 atom stereocenters. The normalized spacial score (nSPS) is 27.4. The van der Waals surface area contributed by atoms with Gasteiger partial charge in [0.2, 0.25) is 0 Å². The highest BCUT2D eigenvalue weighted by molar-refractivity contribution is 5.98. The van der Waals surface area contributed by atoms with Crippen LogP contribution in [0.4, 0.5) is 0 Å². The van der Waals surface area contributed by atoms with Crippen molar-refractivity contribution in [3.8, 4) is 0 Å². The molecule has 1 saturated heterocycles. The number of esters is 1. The zero-order valence-corrected chi connectivity index (χ0v) is 8.92. The highest BCUT2D eigenvalue weighted by Crippen LogP contribution is 2.21. The molecule has 0 bridgehead atoms. The van der Waals surface area contributed by atoms with Gasteiger partial charge in [0, 0.05) is 0 Å². The molecule has 0 amide bonds. The van der Waals surface area contributed by atoms with Crippen LogP contribution >= 0.6 is 0 Å². The van der Waals surface area contributed by atoms with Crippen LogP contribution in [0.25, 0.3) is 0 Å². The maximum Gasteiger partial charge on any atom is 0.334 e. The molecule has 1 heterocycles. The maximum atomic E-state index is 11.7. The van der Waals surface area contributed by atoms with Crippen LogP contribution in [-0.2, 0) is 14.3 Å². The van der Waals surface area contributed by atoms with Crippen molar-refractivity contribution in [2.45, 2.75) is 44.8 Å². The SMILES string of the molecule is CC(C)(C)OC(=O)[C@@]1(C=O)CCCN1. The second-order valence-corrected chi connectivity index (χ2v) is 4.62. The van der Waals surface area contributed by atoms with Crippen LogP contribution in [0.1, 0.15) is 33.6 Å². The highest BCUT2D eigenvalue weighted by atomic mass is 16.6. The third-order valence-electron chi connectivity index (χ3n) is 2.15. The van der Waals surface area contributed by atoms with Crippen molar-refractivity contribution in [2.24, 2.45) is 0 Å². The minimum absolute atomic E-state index is 0.461. The second kappa shape index (κ2) is 3.69. The summed E-state index contributed by atoms with van der Waals surface area (Å²) >= 11 is 0. The minimum atomic E-state index is -1.09. The predicted octanol–water partition coefficient (Wildman–Crippen LogP) is 0.649. The highest BCUT2D eigenvalue weighted by Gasteiger charge is 2.43. The second-order valence-electron chi connectivity index (χ2n) is 4.62. The van der Waals surface area contributed by atoms with E-state index in [1.165, 1.54) is 0 Å². The van der Waals surface area contributed by atoms with E-state index >= 15 is 0 Å². The van der Waals surface area contributed by atoms with E-state index in [1.807, 2.05) is 0 Å². The lowest BCUT2D eigenvalue weighted by Gasteiger charge is -2.27. The van der Waals surface area contributed by atoms with Crippen LogP contribution in [0.15, 0.2) is 0 Å². The molecule has 0 aromatic rings. The number of rotatable bonds is 2. The first-order valence-corrected chi connectivity index (χ1v) is 4.84. The Morgan fingerprint density at radius 2 is 2.14 bits per heavy atom. The fourth-order valence-electron chi connectivity index (χ4n) is 1.46. The molecule has 0 spiro atoms. The topological polar surface area (TPSA) is 55.4 Å². The van der Waals surface area contributed by atoms with E-state index in [0.717, 1.165) is 6.42 Å². The molecule has 1 fully saturated rings. The van der Waals surface area contributed by atoms with Gasteiger partial charge in [0.25, 0.3) is 0 Å². The van der Waals surface area contributed by atoms with E-state index in [0.29, 0.717) is 19.3 Å². The molecule has 1 aliphatic rings. The third-order valence-corrected chi connectivity index (χ3v) is 2.15. The van der Waals surface area contributed by atoms with Gasteiger partial charge in [-0.15, -0.1) is 0 Å². The molecule has 0 aromatic heterocycles. The Morgan fingerprint density at radius 3 is 2.50 bits per heavy atom. The Bertz CT molecular complexity index is 236. The van der Waals surface area contributed by atoms with Crippen molar-refractivity contribution in [1.82, 2.24) is 5.32 Å². The number of carbonyl (C=O) groups excluding carboxylic acids is 2. The van der Waals surface area contributed by atoms with Gasteiger partial charge in [-0.3, -0.25) is 5.32 Å². The van der Waals surface area contributed by atoms with Crippen LogP contribution in [0, 0.1) is 0 Å². The number of aldehydes is 1. The van der Waals surface area contributed by atoms with Crippen LogP contribution in [-0.4, -0.2) is 29.9 Å². The molecular formula is C10H17NO3. The van der Waals surface area contributed by atoms with E-state index < -0.39 is 17.1 Å². The zero-order chi connectivity index (χ0) is 10.8. The van der Waals surface area contributed by atoms with E-state index in [9.17, 15) is 9.59 Å². The van der Waals surface area contributed by atoms with Gasteiger partial charge in [-0.1, -0.05) is 0 Å². The fourth-order valence-corrected chi connectivity index (χ4v) is 1.46. The molecule has 4 heteroatoms. The molecule has 0 unspecified atom stereocenters. The molecule has 14 heavy (non-hydrogen) atoms. The average Bonchev–Trinajstić information content (AvgIpc) is 2.49. The van der Waals surface area contributed by atoms with Crippen molar-refractivity contribution >= 4 is 12.3 Å². The summed E-state index contributed by atoms with van der Waals surface area (Å²) in [5.74, 6) is -0.461. The summed E-state index contributed by atoms with van der Waals surface area (Å²) in [7, 11) is 0. The Hall–Kier alpha value is -0.900. The number of hydrogen-bond acceptors (Lipinski definition) is 4. The zero-order valence-electron chi connectivity index (χ0n) is 8.92. The largest absolute Gasteiger partial charge is 0.458 e. The molecule has 4 nitrogen and oxygen atoms in total. The third kappa shape index (κ3) is 2.32. The number of nitrogens with one attached hydrogen (secondary N) is 1. The molecule has 80 valence electrons. The summed E-state index contributed by atoms with van der Waals surface area (Å²) in [6, 6.07) is 0. The van der Waals surface area contributed by atoms with Crippen molar-refractivity contribution < 1.29 is 14.3 Å². The van der Waals surface area contributed by atoms with Gasteiger partial charge in [-0.25, -0.2) is 4.79 Å². The number of carbonyl (C=O) groups is 2. The first-order chi connectivity index (χ1) is 6.40. The molecule has 1 rings (SSSR count). The Morgan fingerprint density at radius 1 is 1.50 bits per heavy atom. The van der Waals surface area contributed by atoms with E-state index in [2.05, 4.69) is 5.32 Å². The summed E-state index contributed by atoms with van der Waals surface area (Å²) in [6.07, 6.45) is 2.03. The minimum Gasteiger partial charge on any atom is -0.458 e. The molecular weight excluding hydrogens is 182 g/mol. The standard InChI is InChI=1S/C10H17NO3/c1-9(2,3)14-8(13)10(7-12)5-4-6-11-10/h7,11H,4-6H2,1-3H3/t10-/m0/s1. The Balaban J connectivity index is 2.71. The summed E-state index contributed by atoms with van der Waals surface area (Å²) in [4.78, 5) is 22.6. The first kappa shape index (κ1) is 11.2. The predicted molar refractivity (Wildman–Crippen MR) is 51.9 cm³/mol. The van der Waals surface area contributed by atoms with Gasteiger partial charge in [-0.2, -0.15) is 0 Å².